The van der Waals surface area contributed by atoms with Crippen molar-refractivity contribution in [2.24, 2.45) is 0 Å². The standard InChI is InChI=1S/C15H16F3N7/c1-9-11(7-22-25(9)14(8-19)4-3-5-14)23-13-21-6-10(15(16,17)18)12(20-2)24-13/h6-7H,3-5H2,1-2H3,(H2,20,21,23,24). The Morgan fingerprint density at radius 1 is 1.32 bits per heavy atom. The summed E-state index contributed by atoms with van der Waals surface area (Å²) in [6, 6.07) is 2.30. The van der Waals surface area contributed by atoms with Gasteiger partial charge in [-0.15, -0.1) is 0 Å². The third-order valence-corrected chi connectivity index (χ3v) is 4.38. The first-order valence-corrected chi connectivity index (χ1v) is 7.66. The van der Waals surface area contributed by atoms with Crippen LogP contribution in [0, 0.1) is 18.3 Å². The fourth-order valence-corrected chi connectivity index (χ4v) is 2.81. The normalized spacial score (nSPS) is 16.0. The molecule has 0 atom stereocenters. The molecule has 1 aliphatic carbocycles. The Kier molecular flexibility index (Phi) is 4.02. The van der Waals surface area contributed by atoms with Crippen LogP contribution in [0.5, 0.6) is 0 Å². The van der Waals surface area contributed by atoms with Gasteiger partial charge in [0.2, 0.25) is 5.95 Å². The minimum absolute atomic E-state index is 0.0135. The molecule has 0 aliphatic heterocycles. The van der Waals surface area contributed by atoms with Gasteiger partial charge in [0.1, 0.15) is 16.9 Å². The predicted octanol–water partition coefficient (Wildman–Crippen LogP) is 3.19. The molecule has 1 fully saturated rings. The second-order valence-electron chi connectivity index (χ2n) is 5.88. The van der Waals surface area contributed by atoms with E-state index in [0.717, 1.165) is 25.5 Å². The van der Waals surface area contributed by atoms with Gasteiger partial charge in [-0.1, -0.05) is 0 Å². The molecule has 0 saturated heterocycles. The van der Waals surface area contributed by atoms with Gasteiger partial charge in [-0.25, -0.2) is 9.67 Å². The molecule has 2 aromatic rings. The fourth-order valence-electron chi connectivity index (χ4n) is 2.81. The summed E-state index contributed by atoms with van der Waals surface area (Å²) < 4.78 is 40.3. The molecule has 2 aromatic heterocycles. The van der Waals surface area contributed by atoms with Gasteiger partial charge in [-0.3, -0.25) is 0 Å². The Morgan fingerprint density at radius 2 is 2.04 bits per heavy atom. The lowest BCUT2D eigenvalue weighted by Crippen LogP contribution is -2.40. The van der Waals surface area contributed by atoms with Crippen molar-refractivity contribution in [1.29, 1.82) is 5.26 Å². The molecule has 0 radical (unpaired) electrons. The van der Waals surface area contributed by atoms with E-state index in [1.165, 1.54) is 13.2 Å². The second kappa shape index (κ2) is 5.91. The zero-order valence-electron chi connectivity index (χ0n) is 13.6. The summed E-state index contributed by atoms with van der Waals surface area (Å²) in [5.41, 5.74) is -0.328. The summed E-state index contributed by atoms with van der Waals surface area (Å²) in [6.45, 7) is 1.79. The number of nitriles is 1. The van der Waals surface area contributed by atoms with E-state index >= 15 is 0 Å². The maximum absolute atomic E-state index is 12.9. The van der Waals surface area contributed by atoms with Crippen LogP contribution < -0.4 is 10.6 Å². The van der Waals surface area contributed by atoms with Crippen LogP contribution in [-0.2, 0) is 11.7 Å². The third-order valence-electron chi connectivity index (χ3n) is 4.38. The van der Waals surface area contributed by atoms with E-state index in [9.17, 15) is 18.4 Å². The molecular formula is C15H16F3N7. The molecule has 0 spiro atoms. The van der Waals surface area contributed by atoms with Gasteiger partial charge in [0.05, 0.1) is 23.6 Å². The summed E-state index contributed by atoms with van der Waals surface area (Å²) in [7, 11) is 1.36. The highest BCUT2D eigenvalue weighted by molar-refractivity contribution is 5.58. The SMILES string of the molecule is CNc1nc(Nc2cnn(C3(C#N)CCC3)c2C)ncc1C(F)(F)F. The van der Waals surface area contributed by atoms with E-state index in [2.05, 4.69) is 31.8 Å². The van der Waals surface area contributed by atoms with Crippen molar-refractivity contribution < 1.29 is 13.2 Å². The van der Waals surface area contributed by atoms with Crippen molar-refractivity contribution in [3.05, 3.63) is 23.7 Å². The zero-order valence-corrected chi connectivity index (χ0v) is 13.6. The van der Waals surface area contributed by atoms with E-state index in [1.807, 2.05) is 0 Å². The zero-order chi connectivity index (χ0) is 18.2. The predicted molar refractivity (Wildman–Crippen MR) is 84.3 cm³/mol. The topological polar surface area (TPSA) is 91.5 Å². The number of halogens is 3. The van der Waals surface area contributed by atoms with E-state index in [-0.39, 0.29) is 11.8 Å². The van der Waals surface area contributed by atoms with Crippen molar-refractivity contribution in [3.63, 3.8) is 0 Å². The molecule has 2 heterocycles. The van der Waals surface area contributed by atoms with Gasteiger partial charge in [0.25, 0.3) is 0 Å². The molecule has 0 bridgehead atoms. The smallest absolute Gasteiger partial charge is 0.372 e. The first kappa shape index (κ1) is 17.0. The summed E-state index contributed by atoms with van der Waals surface area (Å²) in [4.78, 5) is 7.60. The third kappa shape index (κ3) is 2.86. The van der Waals surface area contributed by atoms with E-state index in [1.54, 1.807) is 11.6 Å². The first-order valence-electron chi connectivity index (χ1n) is 7.66. The minimum Gasteiger partial charge on any atom is -0.372 e. The minimum atomic E-state index is -4.54. The van der Waals surface area contributed by atoms with Gasteiger partial charge in [0.15, 0.2) is 0 Å². The molecule has 132 valence electrons. The lowest BCUT2D eigenvalue weighted by molar-refractivity contribution is -0.137. The van der Waals surface area contributed by atoms with Crippen LogP contribution >= 0.6 is 0 Å². The molecule has 1 saturated carbocycles. The monoisotopic (exact) mass is 351 g/mol. The molecule has 3 rings (SSSR count). The van der Waals surface area contributed by atoms with Crippen molar-refractivity contribution in [1.82, 2.24) is 19.7 Å². The van der Waals surface area contributed by atoms with Crippen LogP contribution in [0.15, 0.2) is 12.4 Å². The average molecular weight is 351 g/mol. The summed E-state index contributed by atoms with van der Waals surface area (Å²) in [5.74, 6) is -0.304. The van der Waals surface area contributed by atoms with Crippen LogP contribution in [-0.4, -0.2) is 26.8 Å². The Balaban J connectivity index is 1.89. The van der Waals surface area contributed by atoms with E-state index in [4.69, 9.17) is 0 Å². The van der Waals surface area contributed by atoms with E-state index < -0.39 is 17.3 Å². The van der Waals surface area contributed by atoms with Crippen LogP contribution in [0.1, 0.15) is 30.5 Å². The maximum Gasteiger partial charge on any atom is 0.421 e. The van der Waals surface area contributed by atoms with Crippen LogP contribution in [0.2, 0.25) is 0 Å². The van der Waals surface area contributed by atoms with Gasteiger partial charge < -0.3 is 10.6 Å². The summed E-state index contributed by atoms with van der Waals surface area (Å²) in [5, 5.41) is 19.0. The average Bonchev–Trinajstić information content (AvgIpc) is 2.87. The Hall–Kier alpha value is -2.83. The molecule has 1 aliphatic rings. The number of rotatable bonds is 4. The van der Waals surface area contributed by atoms with Gasteiger partial charge in [-0.05, 0) is 26.2 Å². The highest BCUT2D eigenvalue weighted by Gasteiger charge is 2.41. The Morgan fingerprint density at radius 3 is 2.56 bits per heavy atom. The van der Waals surface area contributed by atoms with Crippen LogP contribution in [0.25, 0.3) is 0 Å². The number of hydrogen-bond donors (Lipinski definition) is 2. The largest absolute Gasteiger partial charge is 0.421 e. The summed E-state index contributed by atoms with van der Waals surface area (Å²) >= 11 is 0. The number of nitrogens with zero attached hydrogens (tertiary/aromatic N) is 5. The van der Waals surface area contributed by atoms with Gasteiger partial charge in [0, 0.05) is 13.2 Å². The first-order chi connectivity index (χ1) is 11.8. The van der Waals surface area contributed by atoms with Crippen LogP contribution in [0.4, 0.5) is 30.6 Å². The highest BCUT2D eigenvalue weighted by atomic mass is 19.4. The summed E-state index contributed by atoms with van der Waals surface area (Å²) in [6.07, 6.45) is 0.124. The molecular weight excluding hydrogens is 335 g/mol. The molecule has 10 heteroatoms. The molecule has 0 amide bonds. The molecule has 7 nitrogen and oxygen atoms in total. The van der Waals surface area contributed by atoms with E-state index in [0.29, 0.717) is 11.4 Å². The number of hydrogen-bond acceptors (Lipinski definition) is 6. The van der Waals surface area contributed by atoms with Crippen molar-refractivity contribution in [2.75, 3.05) is 17.7 Å². The van der Waals surface area contributed by atoms with Gasteiger partial charge >= 0.3 is 6.18 Å². The van der Waals surface area contributed by atoms with Gasteiger partial charge in [-0.2, -0.15) is 28.5 Å². The molecule has 0 unspecified atom stereocenters. The highest BCUT2D eigenvalue weighted by Crippen LogP contribution is 2.40. The number of nitrogens with one attached hydrogen (secondary N) is 2. The Labute approximate surface area is 141 Å². The van der Waals surface area contributed by atoms with Crippen molar-refractivity contribution >= 4 is 17.5 Å². The second-order valence-corrected chi connectivity index (χ2v) is 5.88. The Bertz CT molecular complexity index is 831. The molecule has 2 N–H and O–H groups in total. The molecule has 0 aromatic carbocycles. The maximum atomic E-state index is 12.9. The number of alkyl halides is 3. The fraction of sp³-hybridized carbons (Fsp3) is 0.467. The molecule has 25 heavy (non-hydrogen) atoms. The quantitative estimate of drug-likeness (QED) is 0.879. The van der Waals surface area contributed by atoms with Crippen LogP contribution in [0.3, 0.4) is 0 Å². The van der Waals surface area contributed by atoms with Crippen molar-refractivity contribution in [3.8, 4) is 6.07 Å². The number of aromatic nitrogens is 4. The lowest BCUT2D eigenvalue weighted by atomic mass is 9.78. The number of anilines is 3. The van der Waals surface area contributed by atoms with Crippen molar-refractivity contribution in [2.45, 2.75) is 37.9 Å². The lowest BCUT2D eigenvalue weighted by Gasteiger charge is -2.36.